The molecule has 0 rings (SSSR count). The van der Waals surface area contributed by atoms with Gasteiger partial charge in [-0.3, -0.25) is 9.59 Å². The summed E-state index contributed by atoms with van der Waals surface area (Å²) in [5.41, 5.74) is 11.5. The van der Waals surface area contributed by atoms with Crippen molar-refractivity contribution < 1.29 is 9.59 Å². The normalized spacial score (nSPS) is 13.1. The molecule has 0 aliphatic carbocycles. The maximum Gasteiger partial charge on any atom is 0.220 e. The number of unbranched alkanes of at least 4 members (excludes halogenated alkanes) is 23. The minimum Gasteiger partial charge on any atom is -0.369 e. The molecule has 274 valence electrons. The first-order chi connectivity index (χ1) is 22.2. The highest BCUT2D eigenvalue weighted by atomic mass is 16.1. The van der Waals surface area contributed by atoms with Gasteiger partial charge < -0.3 is 11.5 Å². The van der Waals surface area contributed by atoms with Crippen molar-refractivity contribution in [2.45, 2.75) is 233 Å². The zero-order chi connectivity index (χ0) is 34.1. The van der Waals surface area contributed by atoms with Crippen molar-refractivity contribution in [3.63, 3.8) is 0 Å². The summed E-state index contributed by atoms with van der Waals surface area (Å²) in [5.74, 6) is 1.54. The van der Waals surface area contributed by atoms with Crippen molar-refractivity contribution >= 4 is 11.8 Å². The van der Waals surface area contributed by atoms with Gasteiger partial charge in [0.1, 0.15) is 0 Å². The van der Waals surface area contributed by atoms with Crippen LogP contribution in [0.25, 0.3) is 0 Å². The standard InChI is InChI=1S/C42H84N2O2/c1-37(2)31-25-19-15-11-7-5-9-13-17-21-27-33-39(41(43)45)35-29-23-24-30-36-40(42(44)46)34-28-22-18-14-10-6-8-12-16-20-26-32-38(3)4/h37-40H,5-36H2,1-4H3,(H2,43,45)(H2,44,46). The Morgan fingerprint density at radius 2 is 0.457 bits per heavy atom. The lowest BCUT2D eigenvalue weighted by atomic mass is 9.92. The summed E-state index contributed by atoms with van der Waals surface area (Å²) in [7, 11) is 0. The maximum atomic E-state index is 12.0. The van der Waals surface area contributed by atoms with Gasteiger partial charge in [0.2, 0.25) is 11.8 Å². The van der Waals surface area contributed by atoms with Crippen LogP contribution in [0.4, 0.5) is 0 Å². The molecule has 2 atom stereocenters. The summed E-state index contributed by atoms with van der Waals surface area (Å²) < 4.78 is 0. The lowest BCUT2D eigenvalue weighted by Crippen LogP contribution is -2.23. The Balaban J connectivity index is 3.69. The largest absolute Gasteiger partial charge is 0.369 e. The molecule has 0 radical (unpaired) electrons. The lowest BCUT2D eigenvalue weighted by molar-refractivity contribution is -0.123. The van der Waals surface area contributed by atoms with Gasteiger partial charge in [-0.25, -0.2) is 0 Å². The van der Waals surface area contributed by atoms with Crippen LogP contribution in [-0.2, 0) is 9.59 Å². The molecule has 2 unspecified atom stereocenters. The van der Waals surface area contributed by atoms with E-state index in [9.17, 15) is 9.59 Å². The Hall–Kier alpha value is -1.06. The number of carbonyl (C=O) groups excluding carboxylic acids is 2. The van der Waals surface area contributed by atoms with E-state index in [1.165, 1.54) is 141 Å². The highest BCUT2D eigenvalue weighted by Crippen LogP contribution is 2.22. The van der Waals surface area contributed by atoms with Crippen LogP contribution in [0, 0.1) is 23.7 Å². The Morgan fingerprint density at radius 1 is 0.304 bits per heavy atom. The lowest BCUT2D eigenvalue weighted by Gasteiger charge is -2.14. The van der Waals surface area contributed by atoms with E-state index in [1.807, 2.05) is 0 Å². The van der Waals surface area contributed by atoms with Crippen molar-refractivity contribution in [2.24, 2.45) is 35.1 Å². The number of rotatable bonds is 37. The molecule has 0 saturated carbocycles. The molecule has 2 amide bonds. The maximum absolute atomic E-state index is 12.0. The van der Waals surface area contributed by atoms with Crippen LogP contribution in [0.3, 0.4) is 0 Å². The van der Waals surface area contributed by atoms with E-state index in [0.29, 0.717) is 0 Å². The molecule has 0 aliphatic rings. The SMILES string of the molecule is CC(C)CCCCCCCCCCCCCC(CCCCCCC(CCCCCCCCCCCCCC(C)C)C(N)=O)C(N)=O. The zero-order valence-corrected chi connectivity index (χ0v) is 31.9. The fourth-order valence-corrected chi connectivity index (χ4v) is 7.06. The fourth-order valence-electron chi connectivity index (χ4n) is 7.06. The van der Waals surface area contributed by atoms with Crippen molar-refractivity contribution in [3.05, 3.63) is 0 Å². The summed E-state index contributed by atoms with van der Waals surface area (Å²) in [5, 5.41) is 0. The number of hydrogen-bond donors (Lipinski definition) is 2. The minimum absolute atomic E-state index is 0.0358. The Morgan fingerprint density at radius 3 is 0.609 bits per heavy atom. The summed E-state index contributed by atoms with van der Waals surface area (Å²) in [6, 6.07) is 0. The van der Waals surface area contributed by atoms with Gasteiger partial charge in [-0.1, -0.05) is 207 Å². The third-order valence-corrected chi connectivity index (χ3v) is 10.3. The van der Waals surface area contributed by atoms with Crippen LogP contribution in [0.5, 0.6) is 0 Å². The van der Waals surface area contributed by atoms with E-state index < -0.39 is 0 Å². The van der Waals surface area contributed by atoms with Gasteiger partial charge in [-0.2, -0.15) is 0 Å². The third-order valence-electron chi connectivity index (χ3n) is 10.3. The van der Waals surface area contributed by atoms with Gasteiger partial charge in [-0.05, 0) is 37.5 Å². The second-order valence-corrected chi connectivity index (χ2v) is 15.9. The van der Waals surface area contributed by atoms with Gasteiger partial charge in [0, 0.05) is 11.8 Å². The average Bonchev–Trinajstić information content (AvgIpc) is 3.00. The van der Waals surface area contributed by atoms with Crippen molar-refractivity contribution in [1.29, 1.82) is 0 Å². The highest BCUT2D eigenvalue weighted by Gasteiger charge is 2.16. The topological polar surface area (TPSA) is 86.2 Å². The second kappa shape index (κ2) is 33.8. The van der Waals surface area contributed by atoms with Gasteiger partial charge >= 0.3 is 0 Å². The smallest absolute Gasteiger partial charge is 0.220 e. The van der Waals surface area contributed by atoms with Crippen molar-refractivity contribution in [1.82, 2.24) is 0 Å². The monoisotopic (exact) mass is 649 g/mol. The number of amides is 2. The zero-order valence-electron chi connectivity index (χ0n) is 31.9. The molecule has 4 nitrogen and oxygen atoms in total. The molecule has 0 aromatic rings. The molecule has 0 aromatic carbocycles. The first-order valence-electron chi connectivity index (χ1n) is 20.8. The molecule has 0 heterocycles. The predicted molar refractivity (Wildman–Crippen MR) is 203 cm³/mol. The van der Waals surface area contributed by atoms with E-state index in [-0.39, 0.29) is 23.7 Å². The van der Waals surface area contributed by atoms with Crippen molar-refractivity contribution in [2.75, 3.05) is 0 Å². The molecule has 4 N–H and O–H groups in total. The van der Waals surface area contributed by atoms with E-state index in [0.717, 1.165) is 76.0 Å². The number of nitrogens with two attached hydrogens (primary N) is 2. The quantitative estimate of drug-likeness (QED) is 0.0657. The molecule has 0 bridgehead atoms. The average molecular weight is 649 g/mol. The molecule has 0 fully saturated rings. The number of primary amides is 2. The summed E-state index contributed by atoms with van der Waals surface area (Å²) >= 11 is 0. The van der Waals surface area contributed by atoms with E-state index >= 15 is 0 Å². The highest BCUT2D eigenvalue weighted by molar-refractivity contribution is 5.76. The fraction of sp³-hybridized carbons (Fsp3) is 0.952. The Labute approximate surface area is 289 Å². The van der Waals surface area contributed by atoms with Crippen LogP contribution in [0.15, 0.2) is 0 Å². The van der Waals surface area contributed by atoms with Crippen LogP contribution >= 0.6 is 0 Å². The first kappa shape index (κ1) is 44.9. The van der Waals surface area contributed by atoms with E-state index in [4.69, 9.17) is 11.5 Å². The molecule has 46 heavy (non-hydrogen) atoms. The van der Waals surface area contributed by atoms with E-state index in [2.05, 4.69) is 27.7 Å². The molecule has 4 heteroatoms. The first-order valence-corrected chi connectivity index (χ1v) is 20.8. The second-order valence-electron chi connectivity index (χ2n) is 15.9. The molecule has 0 spiro atoms. The number of hydrogen-bond acceptors (Lipinski definition) is 2. The van der Waals surface area contributed by atoms with Crippen molar-refractivity contribution in [3.8, 4) is 0 Å². The van der Waals surface area contributed by atoms with E-state index in [1.54, 1.807) is 0 Å². The predicted octanol–water partition coefficient (Wildman–Crippen LogP) is 13.0. The molecular formula is C42H84N2O2. The van der Waals surface area contributed by atoms with Gasteiger partial charge in [0.05, 0.1) is 0 Å². The van der Waals surface area contributed by atoms with Crippen LogP contribution in [-0.4, -0.2) is 11.8 Å². The number of carbonyl (C=O) groups is 2. The molecular weight excluding hydrogens is 564 g/mol. The van der Waals surface area contributed by atoms with Gasteiger partial charge in [0.25, 0.3) is 0 Å². The molecule has 0 aromatic heterocycles. The Bertz CT molecular complexity index is 606. The Kier molecular flexibility index (Phi) is 33.0. The van der Waals surface area contributed by atoms with Crippen LogP contribution < -0.4 is 11.5 Å². The third kappa shape index (κ3) is 32.9. The minimum atomic E-state index is -0.116. The summed E-state index contributed by atoms with van der Waals surface area (Å²) in [6.07, 6.45) is 40.4. The van der Waals surface area contributed by atoms with Gasteiger partial charge in [0.15, 0.2) is 0 Å². The molecule has 0 aliphatic heterocycles. The summed E-state index contributed by atoms with van der Waals surface area (Å²) in [4.78, 5) is 24.0. The summed E-state index contributed by atoms with van der Waals surface area (Å²) in [6.45, 7) is 9.28. The molecule has 0 saturated heterocycles. The van der Waals surface area contributed by atoms with Crippen LogP contribution in [0.1, 0.15) is 233 Å². The van der Waals surface area contributed by atoms with Gasteiger partial charge in [-0.15, -0.1) is 0 Å². The van der Waals surface area contributed by atoms with Crippen LogP contribution in [0.2, 0.25) is 0 Å².